The lowest BCUT2D eigenvalue weighted by molar-refractivity contribution is 0.184. The molecular weight excluding hydrogens is 218 g/mol. The van der Waals surface area contributed by atoms with Gasteiger partial charge in [0.15, 0.2) is 0 Å². The zero-order valence-corrected chi connectivity index (χ0v) is 10.5. The van der Waals surface area contributed by atoms with Crippen LogP contribution in [0.2, 0.25) is 0 Å². The predicted molar refractivity (Wildman–Crippen MR) is 70.1 cm³/mol. The van der Waals surface area contributed by atoms with Crippen LogP contribution in [0.4, 0.5) is 0 Å². The van der Waals surface area contributed by atoms with E-state index in [4.69, 9.17) is 4.74 Å². The summed E-state index contributed by atoms with van der Waals surface area (Å²) < 4.78 is 6.54. The summed E-state index contributed by atoms with van der Waals surface area (Å²) in [6.07, 6.45) is 1.00. The first-order valence-electron chi connectivity index (χ1n) is 5.49. The average molecular weight is 235 g/mol. The van der Waals surface area contributed by atoms with Crippen LogP contribution < -0.4 is 5.32 Å². The van der Waals surface area contributed by atoms with Gasteiger partial charge in [0.05, 0.1) is 0 Å². The summed E-state index contributed by atoms with van der Waals surface area (Å²) in [5, 5.41) is 6.85. The Labute approximate surface area is 100 Å². The normalized spacial score (nSPS) is 13.1. The van der Waals surface area contributed by atoms with Gasteiger partial charge in [0.1, 0.15) is 0 Å². The fourth-order valence-corrected chi connectivity index (χ4v) is 2.95. The molecule has 1 aromatic carbocycles. The maximum absolute atomic E-state index is 5.15. The Hall–Kier alpha value is -0.900. The summed E-state index contributed by atoms with van der Waals surface area (Å²) >= 11 is 1.81. The Morgan fingerprint density at radius 2 is 2.25 bits per heavy atom. The maximum atomic E-state index is 5.15. The second kappa shape index (κ2) is 5.43. The molecule has 0 saturated carbocycles. The van der Waals surface area contributed by atoms with Crippen LogP contribution in [0.1, 0.15) is 18.0 Å². The molecular formula is C13H17NOS. The van der Waals surface area contributed by atoms with Crippen LogP contribution >= 0.6 is 11.3 Å². The minimum atomic E-state index is 0.377. The van der Waals surface area contributed by atoms with E-state index >= 15 is 0 Å². The van der Waals surface area contributed by atoms with E-state index in [1.54, 1.807) is 7.11 Å². The quantitative estimate of drug-likeness (QED) is 0.859. The minimum Gasteiger partial charge on any atom is -0.385 e. The highest BCUT2D eigenvalue weighted by atomic mass is 32.1. The number of benzene rings is 1. The molecule has 1 unspecified atom stereocenters. The fourth-order valence-electron chi connectivity index (χ4n) is 1.98. The van der Waals surface area contributed by atoms with Crippen molar-refractivity contribution in [3.8, 4) is 0 Å². The van der Waals surface area contributed by atoms with E-state index in [9.17, 15) is 0 Å². The molecule has 0 aliphatic carbocycles. The molecule has 1 heterocycles. The van der Waals surface area contributed by atoms with Crippen molar-refractivity contribution in [3.63, 3.8) is 0 Å². The average Bonchev–Trinajstić information content (AvgIpc) is 2.78. The molecule has 0 fully saturated rings. The summed E-state index contributed by atoms with van der Waals surface area (Å²) in [5.74, 6) is 0. The van der Waals surface area contributed by atoms with Gasteiger partial charge in [-0.15, -0.1) is 11.3 Å². The van der Waals surface area contributed by atoms with E-state index in [0.717, 1.165) is 13.0 Å². The Balaban J connectivity index is 2.32. The zero-order valence-electron chi connectivity index (χ0n) is 9.69. The molecule has 0 aliphatic heterocycles. The number of thiophene rings is 1. The lowest BCUT2D eigenvalue weighted by atomic mass is 10.0. The Bertz CT molecular complexity index is 452. The van der Waals surface area contributed by atoms with Crippen LogP contribution in [0.25, 0.3) is 10.1 Å². The Kier molecular flexibility index (Phi) is 3.93. The van der Waals surface area contributed by atoms with E-state index in [-0.39, 0.29) is 0 Å². The van der Waals surface area contributed by atoms with Crippen molar-refractivity contribution in [2.45, 2.75) is 12.5 Å². The van der Waals surface area contributed by atoms with Crippen LogP contribution in [0.5, 0.6) is 0 Å². The largest absolute Gasteiger partial charge is 0.385 e. The van der Waals surface area contributed by atoms with Gasteiger partial charge in [0.25, 0.3) is 0 Å². The highest BCUT2D eigenvalue weighted by Gasteiger charge is 2.12. The van der Waals surface area contributed by atoms with E-state index in [0.29, 0.717) is 6.04 Å². The minimum absolute atomic E-state index is 0.377. The molecule has 2 rings (SSSR count). The van der Waals surface area contributed by atoms with Crippen molar-refractivity contribution in [2.75, 3.05) is 20.8 Å². The van der Waals surface area contributed by atoms with Crippen molar-refractivity contribution in [1.29, 1.82) is 0 Å². The van der Waals surface area contributed by atoms with Gasteiger partial charge in [0, 0.05) is 24.5 Å². The van der Waals surface area contributed by atoms with E-state index < -0.39 is 0 Å². The van der Waals surface area contributed by atoms with Gasteiger partial charge >= 0.3 is 0 Å². The first-order chi connectivity index (χ1) is 7.86. The number of fused-ring (bicyclic) bond motifs is 1. The molecule has 2 nitrogen and oxygen atoms in total. The highest BCUT2D eigenvalue weighted by molar-refractivity contribution is 7.17. The van der Waals surface area contributed by atoms with Crippen molar-refractivity contribution in [2.24, 2.45) is 0 Å². The van der Waals surface area contributed by atoms with Gasteiger partial charge in [-0.2, -0.15) is 0 Å². The molecule has 0 amide bonds. The van der Waals surface area contributed by atoms with Gasteiger partial charge in [0.2, 0.25) is 0 Å². The van der Waals surface area contributed by atoms with Crippen LogP contribution in [-0.4, -0.2) is 20.8 Å². The molecule has 1 N–H and O–H groups in total. The molecule has 86 valence electrons. The molecule has 2 aromatic rings. The molecule has 1 aromatic heterocycles. The maximum Gasteiger partial charge on any atom is 0.0480 e. The van der Waals surface area contributed by atoms with Gasteiger partial charge < -0.3 is 10.1 Å². The standard InChI is InChI=1S/C13H17NOS/c1-14-12(6-8-15-2)11-5-3-4-10-7-9-16-13(10)11/h3-5,7,9,12,14H,6,8H2,1-2H3. The third-order valence-corrected chi connectivity index (χ3v) is 3.82. The second-order valence-corrected chi connectivity index (χ2v) is 4.73. The van der Waals surface area contributed by atoms with Crippen molar-refractivity contribution >= 4 is 21.4 Å². The monoisotopic (exact) mass is 235 g/mol. The predicted octanol–water partition coefficient (Wildman–Crippen LogP) is 3.20. The molecule has 0 aliphatic rings. The third kappa shape index (κ3) is 2.26. The fraction of sp³-hybridized carbons (Fsp3) is 0.385. The third-order valence-electron chi connectivity index (χ3n) is 2.84. The smallest absolute Gasteiger partial charge is 0.0480 e. The van der Waals surface area contributed by atoms with Crippen molar-refractivity contribution in [3.05, 3.63) is 35.2 Å². The SMILES string of the molecule is CNC(CCOC)c1cccc2ccsc12. The summed E-state index contributed by atoms with van der Waals surface area (Å²) in [5.41, 5.74) is 1.38. The summed E-state index contributed by atoms with van der Waals surface area (Å²) in [6, 6.07) is 9.05. The van der Waals surface area contributed by atoms with E-state index in [1.165, 1.54) is 15.6 Å². The Morgan fingerprint density at radius 3 is 3.00 bits per heavy atom. The molecule has 0 bridgehead atoms. The van der Waals surface area contributed by atoms with Gasteiger partial charge in [-0.3, -0.25) is 0 Å². The number of hydrogen-bond donors (Lipinski definition) is 1. The van der Waals surface area contributed by atoms with Crippen LogP contribution in [0, 0.1) is 0 Å². The zero-order chi connectivity index (χ0) is 11.4. The van der Waals surface area contributed by atoms with Gasteiger partial charge in [-0.1, -0.05) is 18.2 Å². The molecule has 3 heteroatoms. The number of hydrogen-bond acceptors (Lipinski definition) is 3. The molecule has 0 saturated heterocycles. The van der Waals surface area contributed by atoms with Crippen LogP contribution in [-0.2, 0) is 4.74 Å². The first-order valence-corrected chi connectivity index (χ1v) is 6.37. The summed E-state index contributed by atoms with van der Waals surface area (Å²) in [4.78, 5) is 0. The molecule has 16 heavy (non-hydrogen) atoms. The van der Waals surface area contributed by atoms with Crippen molar-refractivity contribution < 1.29 is 4.74 Å². The van der Waals surface area contributed by atoms with Gasteiger partial charge in [-0.25, -0.2) is 0 Å². The topological polar surface area (TPSA) is 21.3 Å². The molecule has 0 radical (unpaired) electrons. The Morgan fingerprint density at radius 1 is 1.38 bits per heavy atom. The van der Waals surface area contributed by atoms with Gasteiger partial charge in [-0.05, 0) is 35.9 Å². The lowest BCUT2D eigenvalue weighted by Gasteiger charge is -2.16. The summed E-state index contributed by atoms with van der Waals surface area (Å²) in [7, 11) is 3.76. The number of nitrogens with one attached hydrogen (secondary N) is 1. The molecule has 1 atom stereocenters. The lowest BCUT2D eigenvalue weighted by Crippen LogP contribution is -2.18. The highest BCUT2D eigenvalue weighted by Crippen LogP contribution is 2.30. The second-order valence-electron chi connectivity index (χ2n) is 3.81. The van der Waals surface area contributed by atoms with Crippen LogP contribution in [0.3, 0.4) is 0 Å². The van der Waals surface area contributed by atoms with E-state index in [1.807, 2.05) is 18.4 Å². The number of rotatable bonds is 5. The van der Waals surface area contributed by atoms with Crippen molar-refractivity contribution in [1.82, 2.24) is 5.32 Å². The molecule has 0 spiro atoms. The first kappa shape index (κ1) is 11.6. The number of ether oxygens (including phenoxy) is 1. The number of methoxy groups -OCH3 is 1. The van der Waals surface area contributed by atoms with E-state index in [2.05, 4.69) is 35.0 Å². The summed E-state index contributed by atoms with van der Waals surface area (Å²) in [6.45, 7) is 0.785. The van der Waals surface area contributed by atoms with Crippen LogP contribution in [0.15, 0.2) is 29.6 Å².